The molecule has 0 saturated heterocycles. The zero-order valence-corrected chi connectivity index (χ0v) is 12.9. The molecule has 1 fully saturated rings. The van der Waals surface area contributed by atoms with Gasteiger partial charge in [-0.3, -0.25) is 9.59 Å². The average Bonchev–Trinajstić information content (AvgIpc) is 3.02. The minimum absolute atomic E-state index is 0.258. The first-order valence-electron chi connectivity index (χ1n) is 8.16. The molecular formula is C20H16O4. The van der Waals surface area contributed by atoms with Crippen LogP contribution in [0.4, 0.5) is 0 Å². The predicted octanol–water partition coefficient (Wildman–Crippen LogP) is 2.82. The van der Waals surface area contributed by atoms with Crippen molar-refractivity contribution >= 4 is 11.9 Å². The molecule has 0 radical (unpaired) electrons. The highest BCUT2D eigenvalue weighted by Crippen LogP contribution is 2.80. The van der Waals surface area contributed by atoms with Gasteiger partial charge in [-0.05, 0) is 35.1 Å². The molecule has 1 saturated carbocycles. The third-order valence-electron chi connectivity index (χ3n) is 6.67. The first-order chi connectivity index (χ1) is 11.5. The van der Waals surface area contributed by atoms with Gasteiger partial charge in [0.15, 0.2) is 0 Å². The molecule has 3 aliphatic carbocycles. The largest absolute Gasteiger partial charge is 0.481 e. The number of carboxylic acids is 2. The molecule has 4 nitrogen and oxygen atoms in total. The van der Waals surface area contributed by atoms with Crippen molar-refractivity contribution in [2.45, 2.75) is 24.7 Å². The van der Waals surface area contributed by atoms with E-state index in [2.05, 4.69) is 0 Å². The van der Waals surface area contributed by atoms with Gasteiger partial charge in [0.05, 0.1) is 10.8 Å². The minimum Gasteiger partial charge on any atom is -0.481 e. The number of carbonyl (C=O) groups is 2. The average molecular weight is 320 g/mol. The summed E-state index contributed by atoms with van der Waals surface area (Å²) in [5.41, 5.74) is 1.50. The van der Waals surface area contributed by atoms with E-state index in [0.717, 1.165) is 22.3 Å². The summed E-state index contributed by atoms with van der Waals surface area (Å²) in [6.45, 7) is 0. The lowest BCUT2D eigenvalue weighted by Gasteiger charge is -2.60. The summed E-state index contributed by atoms with van der Waals surface area (Å²) >= 11 is 0. The van der Waals surface area contributed by atoms with Gasteiger partial charge < -0.3 is 10.2 Å². The normalized spacial score (nSPS) is 34.5. The standard InChI is InChI=1S/C20H16O4/c21-17(22)19-9-11-5-1-3-7-13(11)15(19)16-14-8-4-2-6-12(14)10-20(16,19)18(23)24/h1-8,15-16H,9-10H2,(H,21,22)(H,23,24)/t15?,16?,19-,20-/m0/s1. The van der Waals surface area contributed by atoms with E-state index in [1.54, 1.807) is 0 Å². The Balaban J connectivity index is 1.82. The second-order valence-electron chi connectivity index (χ2n) is 7.26. The predicted molar refractivity (Wildman–Crippen MR) is 85.9 cm³/mol. The number of fused-ring (bicyclic) bond motifs is 8. The Labute approximate surface area is 138 Å². The van der Waals surface area contributed by atoms with E-state index >= 15 is 0 Å². The van der Waals surface area contributed by atoms with Crippen molar-refractivity contribution in [1.29, 1.82) is 0 Å². The minimum atomic E-state index is -1.24. The number of rotatable bonds is 2. The van der Waals surface area contributed by atoms with Gasteiger partial charge in [-0.2, -0.15) is 0 Å². The van der Waals surface area contributed by atoms with Gasteiger partial charge in [0.25, 0.3) is 0 Å². The number of hydrogen-bond donors (Lipinski definition) is 2. The summed E-state index contributed by atoms with van der Waals surface area (Å²) in [6, 6.07) is 15.4. The quantitative estimate of drug-likeness (QED) is 0.892. The molecule has 5 rings (SSSR count). The van der Waals surface area contributed by atoms with Gasteiger partial charge in [0.1, 0.15) is 0 Å². The molecule has 4 atom stereocenters. The van der Waals surface area contributed by atoms with Gasteiger partial charge in [-0.25, -0.2) is 0 Å². The number of benzene rings is 2. The maximum atomic E-state index is 12.4. The van der Waals surface area contributed by atoms with Crippen molar-refractivity contribution in [3.63, 3.8) is 0 Å². The van der Waals surface area contributed by atoms with Gasteiger partial charge in [0.2, 0.25) is 0 Å². The highest BCUT2D eigenvalue weighted by atomic mass is 16.4. The Morgan fingerprint density at radius 1 is 0.750 bits per heavy atom. The molecule has 4 heteroatoms. The van der Waals surface area contributed by atoms with Crippen LogP contribution in [0.2, 0.25) is 0 Å². The highest BCUT2D eigenvalue weighted by molar-refractivity contribution is 5.95. The van der Waals surface area contributed by atoms with Crippen molar-refractivity contribution in [1.82, 2.24) is 0 Å². The van der Waals surface area contributed by atoms with E-state index < -0.39 is 22.8 Å². The zero-order valence-electron chi connectivity index (χ0n) is 12.9. The molecule has 0 spiro atoms. The van der Waals surface area contributed by atoms with Crippen molar-refractivity contribution < 1.29 is 19.8 Å². The second kappa shape index (κ2) is 4.07. The van der Waals surface area contributed by atoms with Crippen LogP contribution in [-0.4, -0.2) is 22.2 Å². The smallest absolute Gasteiger partial charge is 0.311 e. The van der Waals surface area contributed by atoms with Crippen molar-refractivity contribution in [3.8, 4) is 0 Å². The molecule has 2 aromatic rings. The summed E-state index contributed by atoms with van der Waals surface area (Å²) in [5, 5.41) is 20.3. The Kier molecular flexibility index (Phi) is 2.34. The molecule has 120 valence electrons. The topological polar surface area (TPSA) is 74.6 Å². The van der Waals surface area contributed by atoms with Crippen LogP contribution in [0.15, 0.2) is 48.5 Å². The van der Waals surface area contributed by atoms with E-state index in [-0.39, 0.29) is 11.8 Å². The molecule has 24 heavy (non-hydrogen) atoms. The lowest BCUT2D eigenvalue weighted by atomic mass is 9.38. The van der Waals surface area contributed by atoms with Crippen molar-refractivity contribution in [2.24, 2.45) is 10.8 Å². The van der Waals surface area contributed by atoms with Gasteiger partial charge >= 0.3 is 11.9 Å². The molecule has 0 aliphatic heterocycles. The molecule has 3 aliphatic rings. The van der Waals surface area contributed by atoms with Crippen LogP contribution in [0, 0.1) is 10.8 Å². The lowest BCUT2D eigenvalue weighted by molar-refractivity contribution is -0.200. The Hall–Kier alpha value is -2.62. The highest BCUT2D eigenvalue weighted by Gasteiger charge is 2.83. The lowest BCUT2D eigenvalue weighted by Crippen LogP contribution is -2.67. The van der Waals surface area contributed by atoms with Crippen molar-refractivity contribution in [3.05, 3.63) is 70.8 Å². The molecular weight excluding hydrogens is 304 g/mol. The number of hydrogen-bond acceptors (Lipinski definition) is 2. The van der Waals surface area contributed by atoms with Crippen LogP contribution in [0.1, 0.15) is 34.1 Å². The van der Waals surface area contributed by atoms with E-state index in [1.165, 1.54) is 0 Å². The summed E-state index contributed by atoms with van der Waals surface area (Å²) < 4.78 is 0. The number of aliphatic carboxylic acids is 2. The zero-order chi connectivity index (χ0) is 16.7. The van der Waals surface area contributed by atoms with Crippen LogP contribution in [-0.2, 0) is 22.4 Å². The fraction of sp³-hybridized carbons (Fsp3) is 0.300. The molecule has 2 N–H and O–H groups in total. The van der Waals surface area contributed by atoms with Crippen LogP contribution >= 0.6 is 0 Å². The van der Waals surface area contributed by atoms with Crippen LogP contribution in [0.25, 0.3) is 0 Å². The monoisotopic (exact) mass is 320 g/mol. The summed E-state index contributed by atoms with van der Waals surface area (Å²) in [4.78, 5) is 24.8. The maximum absolute atomic E-state index is 12.4. The van der Waals surface area contributed by atoms with Crippen LogP contribution < -0.4 is 0 Å². The Bertz CT molecular complexity index is 842. The molecule has 2 aromatic carbocycles. The van der Waals surface area contributed by atoms with E-state index in [0.29, 0.717) is 12.8 Å². The van der Waals surface area contributed by atoms with E-state index in [9.17, 15) is 19.8 Å². The Morgan fingerprint density at radius 3 is 1.50 bits per heavy atom. The molecule has 0 bridgehead atoms. The summed E-state index contributed by atoms with van der Waals surface area (Å²) in [7, 11) is 0. The van der Waals surface area contributed by atoms with Crippen LogP contribution in [0.5, 0.6) is 0 Å². The fourth-order valence-electron chi connectivity index (χ4n) is 5.85. The third-order valence-corrected chi connectivity index (χ3v) is 6.67. The second-order valence-corrected chi connectivity index (χ2v) is 7.26. The van der Waals surface area contributed by atoms with Gasteiger partial charge in [-0.1, -0.05) is 48.5 Å². The fourth-order valence-corrected chi connectivity index (χ4v) is 5.85. The van der Waals surface area contributed by atoms with Crippen LogP contribution in [0.3, 0.4) is 0 Å². The van der Waals surface area contributed by atoms with E-state index in [4.69, 9.17) is 0 Å². The summed E-state index contributed by atoms with van der Waals surface area (Å²) in [5.74, 6) is -2.47. The third kappa shape index (κ3) is 1.18. The van der Waals surface area contributed by atoms with E-state index in [1.807, 2.05) is 48.5 Å². The molecule has 0 aromatic heterocycles. The van der Waals surface area contributed by atoms with Gasteiger partial charge in [-0.15, -0.1) is 0 Å². The SMILES string of the molecule is O=C(O)[C@]12Cc3ccccc3C1C1c3ccccc3C[C@@]12C(=O)O. The molecule has 2 unspecified atom stereocenters. The first-order valence-corrected chi connectivity index (χ1v) is 8.16. The maximum Gasteiger partial charge on any atom is 0.311 e. The first kappa shape index (κ1) is 13.8. The number of carboxylic acid groups (broad SMARTS) is 2. The molecule has 0 amide bonds. The van der Waals surface area contributed by atoms with Crippen molar-refractivity contribution in [2.75, 3.05) is 0 Å². The molecule has 0 heterocycles. The Morgan fingerprint density at radius 2 is 1.12 bits per heavy atom. The summed E-state index contributed by atoms with van der Waals surface area (Å²) in [6.07, 6.45) is 0.611. The van der Waals surface area contributed by atoms with Gasteiger partial charge in [0, 0.05) is 11.8 Å².